The molecule has 0 aromatic heterocycles. The Hall–Kier alpha value is -1.70. The van der Waals surface area contributed by atoms with Crippen LogP contribution in [-0.4, -0.2) is 39.3 Å². The van der Waals surface area contributed by atoms with Crippen molar-refractivity contribution < 1.29 is 16.8 Å². The summed E-state index contributed by atoms with van der Waals surface area (Å²) >= 11 is 0. The molecule has 1 saturated heterocycles. The molecular formula is C18H21NO4S2. The highest BCUT2D eigenvalue weighted by Gasteiger charge is 2.33. The fraction of sp³-hybridized carbons (Fsp3) is 0.333. The van der Waals surface area contributed by atoms with Crippen LogP contribution in [0.15, 0.2) is 65.6 Å². The van der Waals surface area contributed by atoms with Crippen LogP contribution < -0.4 is 0 Å². The molecule has 0 saturated carbocycles. The Morgan fingerprint density at radius 1 is 0.800 bits per heavy atom. The maximum Gasteiger partial charge on any atom is 0.228 e. The van der Waals surface area contributed by atoms with Crippen molar-refractivity contribution in [1.29, 1.82) is 0 Å². The van der Waals surface area contributed by atoms with Crippen LogP contribution in [-0.2, 0) is 19.9 Å². The van der Waals surface area contributed by atoms with E-state index in [0.717, 1.165) is 0 Å². The van der Waals surface area contributed by atoms with Crippen molar-refractivity contribution in [3.63, 3.8) is 0 Å². The predicted octanol–water partition coefficient (Wildman–Crippen LogP) is 2.63. The van der Waals surface area contributed by atoms with Gasteiger partial charge in [0.1, 0.15) is 0 Å². The first-order valence-electron chi connectivity index (χ1n) is 8.19. The molecule has 0 bridgehead atoms. The van der Waals surface area contributed by atoms with Gasteiger partial charge in [-0.25, -0.2) is 21.1 Å². The minimum atomic E-state index is -3.86. The zero-order valence-corrected chi connectivity index (χ0v) is 15.4. The van der Waals surface area contributed by atoms with E-state index in [9.17, 15) is 16.8 Å². The zero-order chi connectivity index (χ0) is 17.9. The van der Waals surface area contributed by atoms with Crippen LogP contribution in [0.3, 0.4) is 0 Å². The Bertz CT molecular complexity index is 902. The maximum atomic E-state index is 12.6. The second kappa shape index (κ2) is 7.27. The molecule has 0 radical (unpaired) electrons. The molecule has 2 aromatic carbocycles. The smallest absolute Gasteiger partial charge is 0.223 e. The largest absolute Gasteiger partial charge is 0.228 e. The Balaban J connectivity index is 1.68. The van der Waals surface area contributed by atoms with Gasteiger partial charge < -0.3 is 0 Å². The maximum absolute atomic E-state index is 12.6. The first-order valence-corrected chi connectivity index (χ1v) is 11.5. The van der Waals surface area contributed by atoms with E-state index in [1.54, 1.807) is 18.2 Å². The third-order valence-corrected chi connectivity index (χ3v) is 9.10. The normalized spacial score (nSPS) is 17.4. The molecule has 1 fully saturated rings. The lowest BCUT2D eigenvalue weighted by molar-refractivity contribution is 0.321. The first-order chi connectivity index (χ1) is 11.9. The summed E-state index contributed by atoms with van der Waals surface area (Å²) in [6, 6.07) is 17.7. The highest BCUT2D eigenvalue weighted by atomic mass is 32.3. The molecule has 2 aromatic rings. The molecule has 0 unspecified atom stereocenters. The molecule has 7 heteroatoms. The Kier molecular flexibility index (Phi) is 5.27. The molecule has 1 aliphatic rings. The van der Waals surface area contributed by atoms with Gasteiger partial charge in [-0.15, -0.1) is 0 Å². The van der Waals surface area contributed by atoms with E-state index < -0.39 is 24.9 Å². The van der Waals surface area contributed by atoms with Gasteiger partial charge in [-0.2, -0.15) is 0 Å². The third kappa shape index (κ3) is 4.29. The minimum absolute atomic E-state index is 0.0396. The highest BCUT2D eigenvalue weighted by molar-refractivity contribution is 8.07. The van der Waals surface area contributed by atoms with Crippen LogP contribution in [0.1, 0.15) is 24.3 Å². The van der Waals surface area contributed by atoms with Crippen LogP contribution in [0.4, 0.5) is 0 Å². The summed E-state index contributed by atoms with van der Waals surface area (Å²) in [7, 11) is -7.71. The fourth-order valence-corrected chi connectivity index (χ4v) is 7.21. The van der Waals surface area contributed by atoms with Gasteiger partial charge in [0, 0.05) is 13.1 Å². The Labute approximate surface area is 149 Å². The van der Waals surface area contributed by atoms with Crippen molar-refractivity contribution in [2.24, 2.45) is 0 Å². The summed E-state index contributed by atoms with van der Waals surface area (Å²) in [5.74, 6) is 0.318. The molecule has 0 N–H and O–H groups in total. The monoisotopic (exact) mass is 379 g/mol. The molecule has 0 atom stereocenters. The van der Waals surface area contributed by atoms with Gasteiger partial charge in [0.05, 0.1) is 4.90 Å². The number of sulfonamides is 1. The van der Waals surface area contributed by atoms with Crippen LogP contribution >= 0.6 is 0 Å². The first kappa shape index (κ1) is 18.1. The van der Waals surface area contributed by atoms with Crippen LogP contribution in [0, 0.1) is 0 Å². The minimum Gasteiger partial charge on any atom is -0.223 e. The van der Waals surface area contributed by atoms with E-state index in [0.29, 0.717) is 31.8 Å². The number of hydrogen-bond acceptors (Lipinski definition) is 4. The van der Waals surface area contributed by atoms with Crippen LogP contribution in [0.2, 0.25) is 0 Å². The summed E-state index contributed by atoms with van der Waals surface area (Å²) in [6.45, 7) is 0.707. The van der Waals surface area contributed by atoms with Crippen molar-refractivity contribution in [2.45, 2.75) is 23.7 Å². The van der Waals surface area contributed by atoms with E-state index in [1.807, 2.05) is 18.2 Å². The predicted molar refractivity (Wildman–Crippen MR) is 97.4 cm³/mol. The average Bonchev–Trinajstić information content (AvgIpc) is 2.62. The quantitative estimate of drug-likeness (QED) is 0.801. The van der Waals surface area contributed by atoms with E-state index >= 15 is 0 Å². The second-order valence-corrected chi connectivity index (χ2v) is 10.6. The average molecular weight is 380 g/mol. The van der Waals surface area contributed by atoms with Crippen LogP contribution in [0.25, 0.3) is 0 Å². The number of nitrogens with zero attached hydrogens (tertiary/aromatic N) is 1. The van der Waals surface area contributed by atoms with Gasteiger partial charge in [-0.1, -0.05) is 48.5 Å². The molecule has 3 rings (SSSR count). The molecular weight excluding hydrogens is 358 g/mol. The highest BCUT2D eigenvalue weighted by Crippen LogP contribution is 2.29. The number of rotatable bonds is 5. The third-order valence-electron chi connectivity index (χ3n) is 4.52. The SMILES string of the molecule is O=S(=O)(CS(=O)(=O)N1CCC(c2ccccc2)CC1)c1ccccc1. The van der Waals surface area contributed by atoms with Gasteiger partial charge in [-0.05, 0) is 36.5 Å². The van der Waals surface area contributed by atoms with Crippen LogP contribution in [0.5, 0.6) is 0 Å². The van der Waals surface area contributed by atoms with Crippen molar-refractivity contribution >= 4 is 19.9 Å². The van der Waals surface area contributed by atoms with Gasteiger partial charge in [0.25, 0.3) is 0 Å². The van der Waals surface area contributed by atoms with Gasteiger partial charge in [0.2, 0.25) is 10.0 Å². The lowest BCUT2D eigenvalue weighted by Gasteiger charge is -2.31. The van der Waals surface area contributed by atoms with Crippen molar-refractivity contribution in [3.8, 4) is 0 Å². The van der Waals surface area contributed by atoms with Gasteiger partial charge >= 0.3 is 0 Å². The molecule has 25 heavy (non-hydrogen) atoms. The molecule has 0 spiro atoms. The summed E-state index contributed by atoms with van der Waals surface area (Å²) in [6.07, 6.45) is 1.41. The van der Waals surface area contributed by atoms with E-state index in [2.05, 4.69) is 12.1 Å². The number of piperidine rings is 1. The standard InChI is InChI=1S/C18H21NO4S2/c20-24(21,18-9-5-2-6-10-18)15-25(22,23)19-13-11-17(12-14-19)16-7-3-1-4-8-16/h1-10,17H,11-15H2. The van der Waals surface area contributed by atoms with E-state index in [1.165, 1.54) is 22.0 Å². The molecule has 5 nitrogen and oxygen atoms in total. The van der Waals surface area contributed by atoms with Crippen molar-refractivity contribution in [2.75, 3.05) is 18.2 Å². The lowest BCUT2D eigenvalue weighted by Crippen LogP contribution is -2.40. The number of benzene rings is 2. The lowest BCUT2D eigenvalue weighted by atomic mass is 9.90. The summed E-state index contributed by atoms with van der Waals surface area (Å²) in [5.41, 5.74) is 1.21. The molecule has 0 amide bonds. The topological polar surface area (TPSA) is 71.5 Å². The summed E-state index contributed by atoms with van der Waals surface area (Å²) in [5, 5.41) is -0.875. The Morgan fingerprint density at radius 2 is 1.32 bits per heavy atom. The van der Waals surface area contributed by atoms with Gasteiger partial charge in [0.15, 0.2) is 14.9 Å². The molecule has 1 heterocycles. The molecule has 134 valence electrons. The fourth-order valence-electron chi connectivity index (χ4n) is 3.16. The summed E-state index contributed by atoms with van der Waals surface area (Å²) < 4.78 is 51.2. The molecule has 1 aliphatic heterocycles. The Morgan fingerprint density at radius 3 is 1.88 bits per heavy atom. The van der Waals surface area contributed by atoms with E-state index in [-0.39, 0.29) is 4.90 Å². The second-order valence-electron chi connectivity index (χ2n) is 6.24. The summed E-state index contributed by atoms with van der Waals surface area (Å²) in [4.78, 5) is 0.0396. The number of sulfone groups is 1. The van der Waals surface area contributed by atoms with Crippen molar-refractivity contribution in [3.05, 3.63) is 66.2 Å². The number of hydrogen-bond donors (Lipinski definition) is 0. The van der Waals surface area contributed by atoms with Gasteiger partial charge in [-0.3, -0.25) is 0 Å². The zero-order valence-electron chi connectivity index (χ0n) is 13.8. The molecule has 0 aliphatic carbocycles. The van der Waals surface area contributed by atoms with E-state index in [4.69, 9.17) is 0 Å². The van der Waals surface area contributed by atoms with Crippen molar-refractivity contribution in [1.82, 2.24) is 4.31 Å².